The molecule has 1 rings (SSSR count). The van der Waals surface area contributed by atoms with E-state index in [1.165, 1.54) is 7.11 Å². The lowest BCUT2D eigenvalue weighted by molar-refractivity contribution is -0.129. The first kappa shape index (κ1) is 13.0. The lowest BCUT2D eigenvalue weighted by Crippen LogP contribution is -2.08. The van der Waals surface area contributed by atoms with E-state index >= 15 is 0 Å². The van der Waals surface area contributed by atoms with Crippen molar-refractivity contribution in [2.24, 2.45) is 0 Å². The van der Waals surface area contributed by atoms with E-state index in [0.29, 0.717) is 23.2 Å². The summed E-state index contributed by atoms with van der Waals surface area (Å²) in [6.07, 6.45) is 1.69. The van der Waals surface area contributed by atoms with E-state index in [2.05, 4.69) is 6.58 Å². The van der Waals surface area contributed by atoms with Gasteiger partial charge in [-0.25, -0.2) is 4.79 Å². The zero-order valence-corrected chi connectivity index (χ0v) is 10.1. The van der Waals surface area contributed by atoms with Gasteiger partial charge < -0.3 is 9.47 Å². The number of aryl methyl sites for hydroxylation is 1. The maximum Gasteiger partial charge on any atom is 0.335 e. The highest BCUT2D eigenvalue weighted by Gasteiger charge is 2.16. The molecule has 0 heterocycles. The zero-order valence-electron chi connectivity index (χ0n) is 10.1. The van der Waals surface area contributed by atoms with E-state index in [4.69, 9.17) is 9.47 Å². The van der Waals surface area contributed by atoms with E-state index in [-0.39, 0.29) is 5.75 Å². The van der Waals surface area contributed by atoms with Gasteiger partial charge in [-0.2, -0.15) is 0 Å². The van der Waals surface area contributed by atoms with Gasteiger partial charge in [-0.15, -0.1) is 0 Å². The van der Waals surface area contributed by atoms with Gasteiger partial charge in [0.15, 0.2) is 6.29 Å². The third-order valence-electron chi connectivity index (χ3n) is 2.37. The molecule has 0 N–H and O–H groups in total. The summed E-state index contributed by atoms with van der Waals surface area (Å²) in [7, 11) is 1.52. The van der Waals surface area contributed by atoms with Crippen molar-refractivity contribution in [2.75, 3.05) is 7.11 Å². The molecule has 0 fully saturated rings. The fraction of sp³-hybridized carbons (Fsp3) is 0.231. The summed E-state index contributed by atoms with van der Waals surface area (Å²) in [6, 6.07) is 1.62. The predicted octanol–water partition coefficient (Wildman–Crippen LogP) is 2.22. The summed E-state index contributed by atoms with van der Waals surface area (Å²) in [5.41, 5.74) is 1.74. The lowest BCUT2D eigenvalue weighted by atomic mass is 10.0. The number of rotatable bonds is 4. The van der Waals surface area contributed by atoms with Crippen molar-refractivity contribution in [3.8, 4) is 11.5 Å². The van der Waals surface area contributed by atoms with E-state index in [9.17, 15) is 9.59 Å². The molecule has 0 unspecified atom stereocenters. The van der Waals surface area contributed by atoms with Gasteiger partial charge in [-0.1, -0.05) is 6.58 Å². The van der Waals surface area contributed by atoms with Crippen molar-refractivity contribution < 1.29 is 19.1 Å². The summed E-state index contributed by atoms with van der Waals surface area (Å²) < 4.78 is 10.2. The Morgan fingerprint density at radius 3 is 2.47 bits per heavy atom. The Kier molecular flexibility index (Phi) is 4.04. The van der Waals surface area contributed by atoms with Crippen LogP contribution in [-0.4, -0.2) is 19.4 Å². The average Bonchev–Trinajstić information content (AvgIpc) is 2.32. The first-order chi connectivity index (χ1) is 8.04. The fourth-order valence-electron chi connectivity index (χ4n) is 1.66. The maximum absolute atomic E-state index is 11.2. The molecule has 0 aliphatic rings. The van der Waals surface area contributed by atoms with Crippen LogP contribution >= 0.6 is 0 Å². The minimum atomic E-state index is -0.609. The monoisotopic (exact) mass is 234 g/mol. The standard InChI is InChI=1S/C13H14O4/c1-5-11(15)17-13-9(3)12(16-4)8(2)6-10(13)7-14/h5-7H,1H2,2-4H3. The molecule has 4 nitrogen and oxygen atoms in total. The largest absolute Gasteiger partial charge is 0.496 e. The molecule has 4 heteroatoms. The molecule has 0 amide bonds. The number of esters is 1. The van der Waals surface area contributed by atoms with Crippen molar-refractivity contribution in [2.45, 2.75) is 13.8 Å². The Bertz CT molecular complexity index is 475. The molecule has 0 saturated carbocycles. The van der Waals surface area contributed by atoms with Crippen LogP contribution in [0, 0.1) is 13.8 Å². The molecule has 0 saturated heterocycles. The normalized spacial score (nSPS) is 9.59. The van der Waals surface area contributed by atoms with Crippen LogP contribution in [0.15, 0.2) is 18.7 Å². The summed E-state index contributed by atoms with van der Waals surface area (Å²) >= 11 is 0. The molecule has 0 atom stereocenters. The van der Waals surface area contributed by atoms with E-state index in [0.717, 1.165) is 11.6 Å². The van der Waals surface area contributed by atoms with Gasteiger partial charge in [0.1, 0.15) is 11.5 Å². The second-order valence-electron chi connectivity index (χ2n) is 3.51. The molecular weight excluding hydrogens is 220 g/mol. The first-order valence-electron chi connectivity index (χ1n) is 5.02. The summed E-state index contributed by atoms with van der Waals surface area (Å²) in [5.74, 6) is 0.205. The Morgan fingerprint density at radius 2 is 2.00 bits per heavy atom. The fourth-order valence-corrected chi connectivity index (χ4v) is 1.66. The van der Waals surface area contributed by atoms with Gasteiger partial charge in [0.2, 0.25) is 0 Å². The van der Waals surface area contributed by atoms with E-state index < -0.39 is 5.97 Å². The highest BCUT2D eigenvalue weighted by molar-refractivity contribution is 5.88. The number of aldehydes is 1. The Labute approximate surface area is 99.8 Å². The van der Waals surface area contributed by atoms with Crippen LogP contribution in [0.4, 0.5) is 0 Å². The average molecular weight is 234 g/mol. The molecule has 0 spiro atoms. The third kappa shape index (κ3) is 2.53. The number of hydrogen-bond acceptors (Lipinski definition) is 4. The number of carbonyl (C=O) groups excluding carboxylic acids is 2. The van der Waals surface area contributed by atoms with Crippen LogP contribution in [0.1, 0.15) is 21.5 Å². The molecule has 1 aromatic rings. The molecule has 0 aliphatic heterocycles. The van der Waals surface area contributed by atoms with Crippen LogP contribution in [0.25, 0.3) is 0 Å². The van der Waals surface area contributed by atoms with Gasteiger partial charge in [0, 0.05) is 11.6 Å². The quantitative estimate of drug-likeness (QED) is 0.347. The van der Waals surface area contributed by atoms with E-state index in [1.807, 2.05) is 6.92 Å². The van der Waals surface area contributed by atoms with Gasteiger partial charge >= 0.3 is 5.97 Å². The van der Waals surface area contributed by atoms with Crippen molar-refractivity contribution in [1.29, 1.82) is 0 Å². The Morgan fingerprint density at radius 1 is 1.35 bits per heavy atom. The van der Waals surface area contributed by atoms with Crippen LogP contribution in [0.2, 0.25) is 0 Å². The van der Waals surface area contributed by atoms with Gasteiger partial charge in [0.05, 0.1) is 12.7 Å². The highest BCUT2D eigenvalue weighted by atomic mass is 16.5. The smallest absolute Gasteiger partial charge is 0.335 e. The number of ether oxygens (including phenoxy) is 2. The van der Waals surface area contributed by atoms with Crippen molar-refractivity contribution >= 4 is 12.3 Å². The topological polar surface area (TPSA) is 52.6 Å². The van der Waals surface area contributed by atoms with Crippen LogP contribution < -0.4 is 9.47 Å². The van der Waals surface area contributed by atoms with Gasteiger partial charge in [-0.3, -0.25) is 4.79 Å². The van der Waals surface area contributed by atoms with Crippen LogP contribution in [0.3, 0.4) is 0 Å². The molecule has 1 aromatic carbocycles. The summed E-state index contributed by atoms with van der Waals surface area (Å²) in [4.78, 5) is 22.1. The minimum Gasteiger partial charge on any atom is -0.496 e. The molecule has 17 heavy (non-hydrogen) atoms. The van der Waals surface area contributed by atoms with Crippen LogP contribution in [-0.2, 0) is 4.79 Å². The number of hydrogen-bond donors (Lipinski definition) is 0. The summed E-state index contributed by atoms with van der Waals surface area (Å²) in [6.45, 7) is 6.85. The van der Waals surface area contributed by atoms with Crippen molar-refractivity contribution in [3.05, 3.63) is 35.4 Å². The number of benzene rings is 1. The van der Waals surface area contributed by atoms with Gasteiger partial charge in [0.25, 0.3) is 0 Å². The lowest BCUT2D eigenvalue weighted by Gasteiger charge is -2.14. The predicted molar refractivity (Wildman–Crippen MR) is 63.7 cm³/mol. The Balaban J connectivity index is 3.39. The molecular formula is C13H14O4. The van der Waals surface area contributed by atoms with Crippen molar-refractivity contribution in [3.63, 3.8) is 0 Å². The maximum atomic E-state index is 11.2. The third-order valence-corrected chi connectivity index (χ3v) is 2.37. The first-order valence-corrected chi connectivity index (χ1v) is 5.02. The number of methoxy groups -OCH3 is 1. The highest BCUT2D eigenvalue weighted by Crippen LogP contribution is 2.34. The minimum absolute atomic E-state index is 0.215. The van der Waals surface area contributed by atoms with Crippen LogP contribution in [0.5, 0.6) is 11.5 Å². The van der Waals surface area contributed by atoms with E-state index in [1.54, 1.807) is 13.0 Å². The zero-order chi connectivity index (χ0) is 13.0. The molecule has 90 valence electrons. The second kappa shape index (κ2) is 5.30. The summed E-state index contributed by atoms with van der Waals surface area (Å²) in [5, 5.41) is 0. The molecule has 0 bridgehead atoms. The van der Waals surface area contributed by atoms with Crippen molar-refractivity contribution in [1.82, 2.24) is 0 Å². The Hall–Kier alpha value is -2.10. The molecule has 0 aromatic heterocycles. The molecule has 0 aliphatic carbocycles. The molecule has 0 radical (unpaired) electrons. The SMILES string of the molecule is C=CC(=O)Oc1c(C=O)cc(C)c(OC)c1C. The second-order valence-corrected chi connectivity index (χ2v) is 3.51. The van der Waals surface area contributed by atoms with Gasteiger partial charge in [-0.05, 0) is 25.5 Å². The number of carbonyl (C=O) groups is 2.